The molecular formula is C30H30N6O8S4. The number of para-hydroxylation sites is 4. The van der Waals surface area contributed by atoms with Crippen molar-refractivity contribution in [1.82, 2.24) is 9.80 Å². The zero-order valence-corrected chi connectivity index (χ0v) is 28.6. The Morgan fingerprint density at radius 2 is 1.02 bits per heavy atom. The standard InChI is InChI=1S/C30H30N6O8S4/c37-23(31-19-11-5-7-13-21(19)35(41)42)15-3-1-9-17-33-27(39)25(47-29(33)45)26-28(40)34(30(46)48-26)18-10-2-4-16-24(38)32-20-12-6-8-14-22(20)36(43)44/h5-8,11-14H,1-4,9-10,15-18H2,(H,31,37)(H,32,38). The summed E-state index contributed by atoms with van der Waals surface area (Å²) in [4.78, 5) is 75.5. The van der Waals surface area contributed by atoms with Crippen molar-refractivity contribution in [1.29, 1.82) is 0 Å². The van der Waals surface area contributed by atoms with E-state index in [4.69, 9.17) is 24.4 Å². The van der Waals surface area contributed by atoms with Crippen LogP contribution >= 0.6 is 48.0 Å². The molecule has 0 aliphatic carbocycles. The molecule has 0 aromatic heterocycles. The molecular weight excluding hydrogens is 701 g/mol. The van der Waals surface area contributed by atoms with Gasteiger partial charge >= 0.3 is 0 Å². The van der Waals surface area contributed by atoms with Crippen LogP contribution in [0.1, 0.15) is 51.4 Å². The third-order valence-electron chi connectivity index (χ3n) is 7.23. The van der Waals surface area contributed by atoms with Crippen LogP contribution in [0, 0.1) is 20.2 Å². The minimum absolute atomic E-state index is 0.135. The number of carbonyl (C=O) groups is 4. The Kier molecular flexibility index (Phi) is 13.1. The summed E-state index contributed by atoms with van der Waals surface area (Å²) in [5.74, 6) is -1.44. The highest BCUT2D eigenvalue weighted by molar-refractivity contribution is 8.29. The molecule has 0 unspecified atom stereocenters. The minimum atomic E-state index is -0.561. The molecule has 0 atom stereocenters. The van der Waals surface area contributed by atoms with E-state index in [-0.39, 0.29) is 69.0 Å². The minimum Gasteiger partial charge on any atom is -0.320 e. The van der Waals surface area contributed by atoms with E-state index >= 15 is 0 Å². The lowest BCUT2D eigenvalue weighted by molar-refractivity contribution is -0.384. The highest BCUT2D eigenvalue weighted by Gasteiger charge is 2.41. The fourth-order valence-electron chi connectivity index (χ4n) is 4.82. The van der Waals surface area contributed by atoms with Crippen molar-refractivity contribution in [2.45, 2.75) is 51.4 Å². The van der Waals surface area contributed by atoms with Gasteiger partial charge in [0.05, 0.1) is 19.7 Å². The number of nitrogens with one attached hydrogen (secondary N) is 2. The molecule has 252 valence electrons. The molecule has 4 rings (SSSR count). The summed E-state index contributed by atoms with van der Waals surface area (Å²) in [6.07, 6.45) is 3.62. The molecule has 4 amide bonds. The number of thioether (sulfide) groups is 2. The summed E-state index contributed by atoms with van der Waals surface area (Å²) in [6, 6.07) is 11.8. The van der Waals surface area contributed by atoms with E-state index in [9.17, 15) is 39.4 Å². The van der Waals surface area contributed by atoms with Crippen LogP contribution in [-0.4, -0.2) is 65.0 Å². The Morgan fingerprint density at radius 3 is 1.40 bits per heavy atom. The van der Waals surface area contributed by atoms with Gasteiger partial charge in [0, 0.05) is 38.1 Å². The number of hydrogen-bond donors (Lipinski definition) is 2. The van der Waals surface area contributed by atoms with Gasteiger partial charge < -0.3 is 10.6 Å². The first-order valence-corrected chi connectivity index (χ1v) is 17.3. The molecule has 48 heavy (non-hydrogen) atoms. The maximum absolute atomic E-state index is 13.2. The number of carbonyl (C=O) groups excluding carboxylic acids is 4. The van der Waals surface area contributed by atoms with Gasteiger partial charge in [-0.1, -0.05) is 85.1 Å². The molecule has 18 heteroatoms. The smallest absolute Gasteiger partial charge is 0.292 e. The van der Waals surface area contributed by atoms with Crippen molar-refractivity contribution in [3.8, 4) is 0 Å². The Balaban J connectivity index is 1.18. The number of unbranched alkanes of at least 4 members (excludes halogenated alkanes) is 4. The molecule has 2 N–H and O–H groups in total. The molecule has 2 heterocycles. The predicted octanol–water partition coefficient (Wildman–Crippen LogP) is 6.13. The van der Waals surface area contributed by atoms with Crippen LogP contribution in [0.2, 0.25) is 0 Å². The van der Waals surface area contributed by atoms with E-state index in [1.807, 2.05) is 0 Å². The maximum atomic E-state index is 13.2. The fourth-order valence-corrected chi connectivity index (χ4v) is 7.59. The number of anilines is 2. The molecule has 2 aliphatic heterocycles. The largest absolute Gasteiger partial charge is 0.320 e. The van der Waals surface area contributed by atoms with Crippen LogP contribution in [0.4, 0.5) is 22.7 Å². The summed E-state index contributed by atoms with van der Waals surface area (Å²) >= 11 is 12.9. The summed E-state index contributed by atoms with van der Waals surface area (Å²) < 4.78 is 0.655. The number of thiocarbonyl (C=S) groups is 2. The molecule has 2 aliphatic rings. The number of nitrogens with zero attached hydrogens (tertiary/aromatic N) is 4. The van der Waals surface area contributed by atoms with Crippen molar-refractivity contribution in [3.05, 3.63) is 78.6 Å². The van der Waals surface area contributed by atoms with Crippen LogP contribution in [-0.2, 0) is 19.2 Å². The van der Waals surface area contributed by atoms with E-state index in [1.54, 1.807) is 12.1 Å². The number of nitro groups is 2. The fraction of sp³-hybridized carbons (Fsp3) is 0.333. The second kappa shape index (κ2) is 17.2. The van der Waals surface area contributed by atoms with Crippen molar-refractivity contribution in [2.75, 3.05) is 23.7 Å². The van der Waals surface area contributed by atoms with Crippen molar-refractivity contribution in [2.24, 2.45) is 0 Å². The Labute approximate surface area is 294 Å². The van der Waals surface area contributed by atoms with Gasteiger partial charge in [0.25, 0.3) is 23.2 Å². The Morgan fingerprint density at radius 1 is 0.646 bits per heavy atom. The SMILES string of the molecule is O=C(CCCCCN1C(=O)C(=C2SC(=S)N(CCCCCC(=O)Nc3ccccc3[N+](=O)[O-])C2=O)SC1=S)Nc1ccccc1[N+](=O)[O-]. The first kappa shape index (κ1) is 36.6. The van der Waals surface area contributed by atoms with Crippen LogP contribution < -0.4 is 10.6 Å². The van der Waals surface area contributed by atoms with Crippen LogP contribution in [0.15, 0.2) is 58.3 Å². The first-order chi connectivity index (χ1) is 23.0. The quantitative estimate of drug-likeness (QED) is 0.0663. The van der Waals surface area contributed by atoms with Crippen molar-refractivity contribution >= 4 is 103 Å². The second-order valence-corrected chi connectivity index (χ2v) is 13.9. The zero-order valence-electron chi connectivity index (χ0n) is 25.4. The highest BCUT2D eigenvalue weighted by Crippen LogP contribution is 2.42. The monoisotopic (exact) mass is 730 g/mol. The van der Waals surface area contributed by atoms with E-state index in [2.05, 4.69) is 10.6 Å². The van der Waals surface area contributed by atoms with Crippen molar-refractivity contribution < 1.29 is 29.0 Å². The molecule has 2 saturated heterocycles. The van der Waals surface area contributed by atoms with Crippen LogP contribution in [0.25, 0.3) is 0 Å². The van der Waals surface area contributed by atoms with Gasteiger partial charge in [-0.2, -0.15) is 0 Å². The van der Waals surface area contributed by atoms with Gasteiger partial charge in [-0.3, -0.25) is 49.2 Å². The lowest BCUT2D eigenvalue weighted by Crippen LogP contribution is -2.31. The first-order valence-electron chi connectivity index (χ1n) is 14.9. The number of amides is 4. The second-order valence-electron chi connectivity index (χ2n) is 10.6. The molecule has 0 saturated carbocycles. The molecule has 2 aromatic carbocycles. The predicted molar refractivity (Wildman–Crippen MR) is 191 cm³/mol. The van der Waals surface area contributed by atoms with Crippen LogP contribution in [0.3, 0.4) is 0 Å². The van der Waals surface area contributed by atoms with E-state index in [0.717, 1.165) is 23.5 Å². The number of rotatable bonds is 16. The molecule has 14 nitrogen and oxygen atoms in total. The Bertz CT molecular complexity index is 1580. The lowest BCUT2D eigenvalue weighted by atomic mass is 10.1. The summed E-state index contributed by atoms with van der Waals surface area (Å²) in [5.41, 5.74) is -0.0992. The van der Waals surface area contributed by atoms with Gasteiger partial charge in [0.15, 0.2) is 0 Å². The average Bonchev–Trinajstić information content (AvgIpc) is 3.49. The molecule has 0 radical (unpaired) electrons. The Hall–Kier alpha value is -4.26. The third-order valence-corrected chi connectivity index (χ3v) is 10.3. The normalized spacial score (nSPS) is 16.1. The van der Waals surface area contributed by atoms with Gasteiger partial charge in [-0.15, -0.1) is 0 Å². The summed E-state index contributed by atoms with van der Waals surface area (Å²) in [7, 11) is 0. The van der Waals surface area contributed by atoms with E-state index < -0.39 is 9.85 Å². The zero-order chi connectivity index (χ0) is 34.8. The third kappa shape index (κ3) is 9.42. The summed E-state index contributed by atoms with van der Waals surface area (Å²) in [6.45, 7) is 0.622. The van der Waals surface area contributed by atoms with Crippen LogP contribution in [0.5, 0.6) is 0 Å². The van der Waals surface area contributed by atoms with Gasteiger partial charge in [0.2, 0.25) is 11.8 Å². The van der Waals surface area contributed by atoms with E-state index in [1.165, 1.54) is 46.2 Å². The molecule has 0 spiro atoms. The molecule has 0 bridgehead atoms. The number of nitro benzene ring substituents is 2. The highest BCUT2D eigenvalue weighted by atomic mass is 32.2. The maximum Gasteiger partial charge on any atom is 0.292 e. The van der Waals surface area contributed by atoms with Crippen molar-refractivity contribution in [3.63, 3.8) is 0 Å². The lowest BCUT2D eigenvalue weighted by Gasteiger charge is -2.14. The topological polar surface area (TPSA) is 185 Å². The number of hydrogen-bond acceptors (Lipinski definition) is 12. The molecule has 2 aromatic rings. The number of benzene rings is 2. The average molecular weight is 731 g/mol. The van der Waals surface area contributed by atoms with Gasteiger partial charge in [0.1, 0.15) is 20.0 Å². The summed E-state index contributed by atoms with van der Waals surface area (Å²) in [5, 5.41) is 27.4. The van der Waals surface area contributed by atoms with Gasteiger partial charge in [-0.05, 0) is 37.8 Å². The van der Waals surface area contributed by atoms with E-state index in [0.29, 0.717) is 60.3 Å². The molecule has 2 fully saturated rings. The van der Waals surface area contributed by atoms with Gasteiger partial charge in [-0.25, -0.2) is 0 Å².